The van der Waals surface area contributed by atoms with Gasteiger partial charge in [-0.15, -0.1) is 0 Å². The summed E-state index contributed by atoms with van der Waals surface area (Å²) in [6, 6.07) is 20.9. The number of hydrogen-bond acceptors (Lipinski definition) is 3. The van der Waals surface area contributed by atoms with Crippen LogP contribution < -0.4 is 4.90 Å². The van der Waals surface area contributed by atoms with Crippen LogP contribution in [0.4, 0.5) is 5.69 Å². The SMILES string of the molecule is CC1CCN(C(=O)Cc2ccc(N(Cc3ccccc3)C(=O)c3ccco3)cc2)CC1. The maximum absolute atomic E-state index is 13.1. The van der Waals surface area contributed by atoms with Gasteiger partial charge in [-0.25, -0.2) is 0 Å². The summed E-state index contributed by atoms with van der Waals surface area (Å²) in [6.07, 6.45) is 4.05. The Labute approximate surface area is 183 Å². The first-order valence-electron chi connectivity index (χ1n) is 10.9. The van der Waals surface area contributed by atoms with Crippen molar-refractivity contribution in [1.82, 2.24) is 4.90 Å². The lowest BCUT2D eigenvalue weighted by molar-refractivity contribution is -0.131. The van der Waals surface area contributed by atoms with E-state index in [1.165, 1.54) is 6.26 Å². The van der Waals surface area contributed by atoms with Crippen molar-refractivity contribution >= 4 is 17.5 Å². The fourth-order valence-corrected chi connectivity index (χ4v) is 3.92. The Hall–Kier alpha value is -3.34. The third-order valence-electron chi connectivity index (χ3n) is 5.90. The summed E-state index contributed by atoms with van der Waals surface area (Å²) in [6.45, 7) is 4.37. The van der Waals surface area contributed by atoms with Crippen molar-refractivity contribution in [2.45, 2.75) is 32.7 Å². The predicted molar refractivity (Wildman–Crippen MR) is 121 cm³/mol. The highest BCUT2D eigenvalue weighted by Gasteiger charge is 2.22. The molecule has 0 saturated carbocycles. The van der Waals surface area contributed by atoms with E-state index in [0.29, 0.717) is 24.6 Å². The Morgan fingerprint density at radius 2 is 1.65 bits per heavy atom. The summed E-state index contributed by atoms with van der Waals surface area (Å²) >= 11 is 0. The summed E-state index contributed by atoms with van der Waals surface area (Å²) in [5.74, 6) is 0.979. The van der Waals surface area contributed by atoms with E-state index in [0.717, 1.165) is 42.7 Å². The van der Waals surface area contributed by atoms with Gasteiger partial charge in [-0.1, -0.05) is 49.4 Å². The number of benzene rings is 2. The van der Waals surface area contributed by atoms with Crippen molar-refractivity contribution < 1.29 is 14.0 Å². The van der Waals surface area contributed by atoms with E-state index in [1.807, 2.05) is 59.5 Å². The van der Waals surface area contributed by atoms with Crippen LogP contribution in [0.15, 0.2) is 77.4 Å². The second kappa shape index (κ2) is 9.65. The lowest BCUT2D eigenvalue weighted by atomic mass is 9.98. The number of likely N-dealkylation sites (tertiary alicyclic amines) is 1. The predicted octanol–water partition coefficient (Wildman–Crippen LogP) is 4.93. The van der Waals surface area contributed by atoms with Crippen LogP contribution in [0.5, 0.6) is 0 Å². The average molecular weight is 417 g/mol. The molecule has 4 rings (SSSR count). The fourth-order valence-electron chi connectivity index (χ4n) is 3.92. The van der Waals surface area contributed by atoms with E-state index in [9.17, 15) is 9.59 Å². The zero-order valence-corrected chi connectivity index (χ0v) is 17.9. The zero-order valence-electron chi connectivity index (χ0n) is 17.9. The van der Waals surface area contributed by atoms with Gasteiger partial charge in [0.2, 0.25) is 5.91 Å². The minimum atomic E-state index is -0.194. The average Bonchev–Trinajstić information content (AvgIpc) is 3.34. The van der Waals surface area contributed by atoms with Crippen LogP contribution in [-0.2, 0) is 17.8 Å². The third-order valence-corrected chi connectivity index (χ3v) is 5.90. The summed E-state index contributed by atoms with van der Waals surface area (Å²) in [7, 11) is 0. The highest BCUT2D eigenvalue weighted by atomic mass is 16.3. The molecule has 5 heteroatoms. The summed E-state index contributed by atoms with van der Waals surface area (Å²) < 4.78 is 5.35. The molecule has 5 nitrogen and oxygen atoms in total. The van der Waals surface area contributed by atoms with Crippen molar-refractivity contribution in [1.29, 1.82) is 0 Å². The number of piperidine rings is 1. The lowest BCUT2D eigenvalue weighted by Gasteiger charge is -2.30. The standard InChI is InChI=1S/C26H28N2O3/c1-20-13-15-27(16-14-20)25(29)18-21-9-11-23(12-10-21)28(19-22-6-3-2-4-7-22)26(30)24-8-5-17-31-24/h2-12,17,20H,13-16,18-19H2,1H3. The minimum Gasteiger partial charge on any atom is -0.459 e. The molecule has 2 amide bonds. The van der Waals surface area contributed by atoms with Crippen molar-refractivity contribution in [3.8, 4) is 0 Å². The molecule has 2 aromatic carbocycles. The van der Waals surface area contributed by atoms with Crippen molar-refractivity contribution in [3.05, 3.63) is 89.9 Å². The monoisotopic (exact) mass is 416 g/mol. The van der Waals surface area contributed by atoms with Gasteiger partial charge in [0.25, 0.3) is 5.91 Å². The molecular formula is C26H28N2O3. The van der Waals surface area contributed by atoms with Gasteiger partial charge in [0.15, 0.2) is 5.76 Å². The molecule has 1 saturated heterocycles. The Bertz CT molecular complexity index is 989. The number of amides is 2. The molecule has 3 aromatic rings. The van der Waals surface area contributed by atoms with Crippen LogP contribution in [-0.4, -0.2) is 29.8 Å². The first kappa shape index (κ1) is 20.9. The molecule has 0 spiro atoms. The number of hydrogen-bond donors (Lipinski definition) is 0. The molecule has 0 atom stereocenters. The fraction of sp³-hybridized carbons (Fsp3) is 0.308. The summed E-state index contributed by atoms with van der Waals surface area (Å²) in [5, 5.41) is 0. The third kappa shape index (κ3) is 5.23. The number of anilines is 1. The molecule has 0 aliphatic carbocycles. The quantitative estimate of drug-likeness (QED) is 0.573. The number of furan rings is 1. The molecule has 0 unspecified atom stereocenters. The maximum Gasteiger partial charge on any atom is 0.294 e. The molecule has 2 heterocycles. The second-order valence-electron chi connectivity index (χ2n) is 8.26. The molecule has 0 radical (unpaired) electrons. The zero-order chi connectivity index (χ0) is 21.6. The molecule has 1 aliphatic rings. The van der Waals surface area contributed by atoms with Crippen LogP contribution in [0, 0.1) is 5.92 Å². The molecule has 0 bridgehead atoms. The molecule has 160 valence electrons. The van der Waals surface area contributed by atoms with Gasteiger partial charge in [-0.05, 0) is 54.2 Å². The van der Waals surface area contributed by atoms with Gasteiger partial charge in [-0.3, -0.25) is 9.59 Å². The Morgan fingerprint density at radius 1 is 0.935 bits per heavy atom. The normalized spacial score (nSPS) is 14.4. The van der Waals surface area contributed by atoms with E-state index in [1.54, 1.807) is 17.0 Å². The highest BCUT2D eigenvalue weighted by molar-refractivity contribution is 6.04. The van der Waals surface area contributed by atoms with Crippen LogP contribution in [0.1, 0.15) is 41.4 Å². The van der Waals surface area contributed by atoms with Crippen LogP contribution in [0.25, 0.3) is 0 Å². The molecule has 1 aliphatic heterocycles. The Balaban J connectivity index is 1.49. The van der Waals surface area contributed by atoms with Crippen molar-refractivity contribution in [2.75, 3.05) is 18.0 Å². The minimum absolute atomic E-state index is 0.174. The van der Waals surface area contributed by atoms with E-state index >= 15 is 0 Å². The molecule has 1 fully saturated rings. The lowest BCUT2D eigenvalue weighted by Crippen LogP contribution is -2.38. The highest BCUT2D eigenvalue weighted by Crippen LogP contribution is 2.22. The molecule has 31 heavy (non-hydrogen) atoms. The first-order valence-corrected chi connectivity index (χ1v) is 10.9. The Kier molecular flexibility index (Phi) is 6.51. The van der Waals surface area contributed by atoms with Crippen LogP contribution in [0.2, 0.25) is 0 Å². The number of carbonyl (C=O) groups is 2. The van der Waals surface area contributed by atoms with E-state index in [-0.39, 0.29) is 11.8 Å². The van der Waals surface area contributed by atoms with Gasteiger partial charge in [0.05, 0.1) is 19.2 Å². The molecule has 0 N–H and O–H groups in total. The van der Waals surface area contributed by atoms with Gasteiger partial charge in [0, 0.05) is 18.8 Å². The van der Waals surface area contributed by atoms with Crippen LogP contribution in [0.3, 0.4) is 0 Å². The smallest absolute Gasteiger partial charge is 0.294 e. The van der Waals surface area contributed by atoms with E-state index in [2.05, 4.69) is 6.92 Å². The topological polar surface area (TPSA) is 53.8 Å². The maximum atomic E-state index is 13.1. The van der Waals surface area contributed by atoms with Crippen molar-refractivity contribution in [2.24, 2.45) is 5.92 Å². The van der Waals surface area contributed by atoms with E-state index in [4.69, 9.17) is 4.42 Å². The van der Waals surface area contributed by atoms with Crippen molar-refractivity contribution in [3.63, 3.8) is 0 Å². The van der Waals surface area contributed by atoms with Gasteiger partial charge in [-0.2, -0.15) is 0 Å². The van der Waals surface area contributed by atoms with E-state index < -0.39 is 0 Å². The Morgan fingerprint density at radius 3 is 2.29 bits per heavy atom. The number of rotatable bonds is 6. The van der Waals surface area contributed by atoms with Gasteiger partial charge in [0.1, 0.15) is 0 Å². The summed E-state index contributed by atoms with van der Waals surface area (Å²) in [5.41, 5.74) is 2.76. The first-order chi connectivity index (χ1) is 15.1. The van der Waals surface area contributed by atoms with Crippen LogP contribution >= 0.6 is 0 Å². The number of carbonyl (C=O) groups excluding carboxylic acids is 2. The largest absolute Gasteiger partial charge is 0.459 e. The van der Waals surface area contributed by atoms with Gasteiger partial charge >= 0.3 is 0 Å². The van der Waals surface area contributed by atoms with Gasteiger partial charge < -0.3 is 14.2 Å². The second-order valence-corrected chi connectivity index (χ2v) is 8.26. The summed E-state index contributed by atoms with van der Waals surface area (Å²) in [4.78, 5) is 29.4. The molecular weight excluding hydrogens is 388 g/mol. The number of nitrogens with zero attached hydrogens (tertiary/aromatic N) is 2. The molecule has 1 aromatic heterocycles.